The summed E-state index contributed by atoms with van der Waals surface area (Å²) in [5.74, 6) is -0.596. The number of carbonyl (C=O) groups is 1. The first-order valence-corrected chi connectivity index (χ1v) is 6.24. The highest BCUT2D eigenvalue weighted by Crippen LogP contribution is 2.23. The van der Waals surface area contributed by atoms with Gasteiger partial charge in [0.15, 0.2) is 0 Å². The monoisotopic (exact) mass is 310 g/mol. The van der Waals surface area contributed by atoms with Gasteiger partial charge in [0.1, 0.15) is 17.9 Å². The van der Waals surface area contributed by atoms with Gasteiger partial charge in [0.25, 0.3) is 12.1 Å². The van der Waals surface area contributed by atoms with Gasteiger partial charge in [0, 0.05) is 11.8 Å². The van der Waals surface area contributed by atoms with Gasteiger partial charge in [-0.15, -0.1) is 0 Å². The van der Waals surface area contributed by atoms with Crippen LogP contribution in [0.2, 0.25) is 0 Å². The highest BCUT2D eigenvalue weighted by molar-refractivity contribution is 5.92. The Bertz CT molecular complexity index is 715. The van der Waals surface area contributed by atoms with Gasteiger partial charge < -0.3 is 5.32 Å². The molecule has 1 amide bonds. The van der Waals surface area contributed by atoms with Crippen LogP contribution in [-0.2, 0) is 11.3 Å². The summed E-state index contributed by atoms with van der Waals surface area (Å²) < 4.78 is 26.2. The Hall–Kier alpha value is -2.84. The van der Waals surface area contributed by atoms with E-state index in [0.29, 0.717) is 5.69 Å². The van der Waals surface area contributed by atoms with Crippen molar-refractivity contribution in [2.45, 2.75) is 19.9 Å². The lowest BCUT2D eigenvalue weighted by Crippen LogP contribution is -2.20. The molecule has 9 heteroatoms. The summed E-state index contributed by atoms with van der Waals surface area (Å²) in [6.45, 7) is 1.22. The van der Waals surface area contributed by atoms with E-state index in [1.165, 1.54) is 37.3 Å². The third-order valence-electron chi connectivity index (χ3n) is 2.89. The zero-order chi connectivity index (χ0) is 16.3. The Morgan fingerprint density at radius 2 is 2.14 bits per heavy atom. The fourth-order valence-electron chi connectivity index (χ4n) is 1.87. The molecule has 0 saturated carbocycles. The molecular formula is C13H12F2N4O3. The van der Waals surface area contributed by atoms with Crippen LogP contribution in [0.15, 0.2) is 30.3 Å². The van der Waals surface area contributed by atoms with Gasteiger partial charge in [-0.05, 0) is 19.1 Å². The third kappa shape index (κ3) is 3.43. The molecule has 0 atom stereocenters. The summed E-state index contributed by atoms with van der Waals surface area (Å²) in [7, 11) is 0. The molecule has 7 nitrogen and oxygen atoms in total. The average molecular weight is 310 g/mol. The second-order valence-corrected chi connectivity index (χ2v) is 4.49. The Balaban J connectivity index is 2.13. The largest absolute Gasteiger partial charge is 0.319 e. The topological polar surface area (TPSA) is 90.1 Å². The number of nitro groups is 1. The molecule has 0 fully saturated rings. The van der Waals surface area contributed by atoms with Crippen LogP contribution in [0.5, 0.6) is 0 Å². The van der Waals surface area contributed by atoms with Gasteiger partial charge in [-0.25, -0.2) is 8.78 Å². The molecule has 22 heavy (non-hydrogen) atoms. The number of amides is 1. The van der Waals surface area contributed by atoms with Gasteiger partial charge in [0.05, 0.1) is 4.92 Å². The summed E-state index contributed by atoms with van der Waals surface area (Å²) in [6.07, 6.45) is -2.72. The number of halogens is 2. The Morgan fingerprint density at radius 1 is 1.45 bits per heavy atom. The number of alkyl halides is 2. The third-order valence-corrected chi connectivity index (χ3v) is 2.89. The van der Waals surface area contributed by atoms with Crippen molar-refractivity contribution in [3.63, 3.8) is 0 Å². The number of hydrogen-bond donors (Lipinski definition) is 1. The molecule has 0 aliphatic rings. The molecular weight excluding hydrogens is 298 g/mol. The number of anilines is 1. The Labute approximate surface area is 123 Å². The van der Waals surface area contributed by atoms with Crippen molar-refractivity contribution >= 4 is 17.3 Å². The van der Waals surface area contributed by atoms with Crippen molar-refractivity contribution in [3.8, 4) is 0 Å². The highest BCUT2D eigenvalue weighted by atomic mass is 19.3. The maximum atomic E-state index is 12.5. The normalized spacial score (nSPS) is 10.7. The second kappa shape index (κ2) is 6.29. The van der Waals surface area contributed by atoms with Gasteiger partial charge in [-0.2, -0.15) is 5.10 Å². The van der Waals surface area contributed by atoms with E-state index in [-0.39, 0.29) is 17.9 Å². The molecule has 0 bridgehead atoms. The minimum absolute atomic E-state index is 0.0383. The lowest BCUT2D eigenvalue weighted by Gasteiger charge is -2.07. The quantitative estimate of drug-likeness (QED) is 0.679. The molecule has 0 spiro atoms. The minimum Gasteiger partial charge on any atom is -0.319 e. The van der Waals surface area contributed by atoms with Crippen molar-refractivity contribution in [2.24, 2.45) is 0 Å². The van der Waals surface area contributed by atoms with E-state index in [0.717, 1.165) is 4.68 Å². The number of aryl methyl sites for hydroxylation is 1. The molecule has 116 valence electrons. The van der Waals surface area contributed by atoms with Crippen LogP contribution in [0.25, 0.3) is 0 Å². The number of carbonyl (C=O) groups excluding carboxylic acids is 1. The number of benzene rings is 1. The fraction of sp³-hybridized carbons (Fsp3) is 0.231. The Morgan fingerprint density at radius 3 is 2.73 bits per heavy atom. The van der Waals surface area contributed by atoms with Crippen LogP contribution in [0.4, 0.5) is 20.2 Å². The molecule has 1 heterocycles. The molecule has 0 unspecified atom stereocenters. The average Bonchev–Trinajstić information content (AvgIpc) is 2.80. The summed E-state index contributed by atoms with van der Waals surface area (Å²) in [5, 5.41) is 16.8. The number of nitrogens with one attached hydrogen (secondary N) is 1. The number of aromatic nitrogens is 2. The number of para-hydroxylation sites is 2. The fourth-order valence-corrected chi connectivity index (χ4v) is 1.87. The van der Waals surface area contributed by atoms with Crippen LogP contribution in [0.1, 0.15) is 17.8 Å². The van der Waals surface area contributed by atoms with Gasteiger partial charge in [-0.3, -0.25) is 19.6 Å². The minimum atomic E-state index is -2.72. The molecule has 0 radical (unpaired) electrons. The van der Waals surface area contributed by atoms with Crippen LogP contribution in [0.3, 0.4) is 0 Å². The van der Waals surface area contributed by atoms with Gasteiger partial charge in [0.2, 0.25) is 5.91 Å². The van der Waals surface area contributed by atoms with Crippen molar-refractivity contribution in [3.05, 3.63) is 51.8 Å². The molecule has 0 aliphatic carbocycles. The molecule has 1 aromatic carbocycles. The Kier molecular flexibility index (Phi) is 4.44. The van der Waals surface area contributed by atoms with Crippen LogP contribution < -0.4 is 5.32 Å². The molecule has 2 aromatic rings. The van der Waals surface area contributed by atoms with E-state index >= 15 is 0 Å². The zero-order valence-electron chi connectivity index (χ0n) is 11.5. The lowest BCUT2D eigenvalue weighted by molar-refractivity contribution is -0.383. The van der Waals surface area contributed by atoms with Crippen molar-refractivity contribution in [2.75, 3.05) is 5.32 Å². The lowest BCUT2D eigenvalue weighted by atomic mass is 10.2. The number of nitro benzene ring substituents is 1. The number of rotatable bonds is 5. The van der Waals surface area contributed by atoms with E-state index < -0.39 is 22.9 Å². The smallest absolute Gasteiger partial charge is 0.292 e. The SMILES string of the molecule is Cc1cc(C(F)F)nn1CC(=O)Nc1ccccc1[N+](=O)[O-]. The van der Waals surface area contributed by atoms with E-state index in [1.807, 2.05) is 0 Å². The van der Waals surface area contributed by atoms with Crippen LogP contribution in [0, 0.1) is 17.0 Å². The predicted molar refractivity (Wildman–Crippen MR) is 73.6 cm³/mol. The molecule has 2 rings (SSSR count). The van der Waals surface area contributed by atoms with Gasteiger partial charge in [-0.1, -0.05) is 12.1 Å². The van der Waals surface area contributed by atoms with E-state index in [2.05, 4.69) is 10.4 Å². The molecule has 0 saturated heterocycles. The van der Waals surface area contributed by atoms with Crippen molar-refractivity contribution in [1.82, 2.24) is 9.78 Å². The number of hydrogen-bond acceptors (Lipinski definition) is 4. The molecule has 0 aliphatic heterocycles. The standard InChI is InChI=1S/C13H12F2N4O3/c1-8-6-10(13(14)15)17-18(8)7-12(20)16-9-4-2-3-5-11(9)19(21)22/h2-6,13H,7H2,1H3,(H,16,20). The first kappa shape index (κ1) is 15.5. The maximum Gasteiger partial charge on any atom is 0.292 e. The van der Waals surface area contributed by atoms with E-state index in [4.69, 9.17) is 0 Å². The summed E-state index contributed by atoms with van der Waals surface area (Å²) in [6, 6.07) is 6.83. The van der Waals surface area contributed by atoms with Crippen LogP contribution in [-0.4, -0.2) is 20.6 Å². The van der Waals surface area contributed by atoms with Crippen molar-refractivity contribution < 1.29 is 18.5 Å². The first-order chi connectivity index (χ1) is 10.4. The molecule has 1 N–H and O–H groups in total. The maximum absolute atomic E-state index is 12.5. The number of nitrogens with zero attached hydrogens (tertiary/aromatic N) is 3. The first-order valence-electron chi connectivity index (χ1n) is 6.24. The van der Waals surface area contributed by atoms with Gasteiger partial charge >= 0.3 is 0 Å². The molecule has 1 aromatic heterocycles. The zero-order valence-corrected chi connectivity index (χ0v) is 11.5. The van der Waals surface area contributed by atoms with E-state index in [9.17, 15) is 23.7 Å². The summed E-state index contributed by atoms with van der Waals surface area (Å²) >= 11 is 0. The summed E-state index contributed by atoms with van der Waals surface area (Å²) in [5.41, 5.74) is -0.235. The van der Waals surface area contributed by atoms with Crippen molar-refractivity contribution in [1.29, 1.82) is 0 Å². The summed E-state index contributed by atoms with van der Waals surface area (Å²) in [4.78, 5) is 22.1. The second-order valence-electron chi connectivity index (χ2n) is 4.49. The predicted octanol–water partition coefficient (Wildman–Crippen LogP) is 2.68. The van der Waals surface area contributed by atoms with Crippen LogP contribution >= 0.6 is 0 Å². The highest BCUT2D eigenvalue weighted by Gasteiger charge is 2.17. The van der Waals surface area contributed by atoms with E-state index in [1.54, 1.807) is 0 Å².